The Morgan fingerprint density at radius 1 is 1.46 bits per heavy atom. The van der Waals surface area contributed by atoms with Gasteiger partial charge in [0.1, 0.15) is 0 Å². The van der Waals surface area contributed by atoms with Crippen molar-refractivity contribution in [3.63, 3.8) is 0 Å². The highest BCUT2D eigenvalue weighted by Gasteiger charge is 2.24. The first kappa shape index (κ1) is 18.3. The Morgan fingerprint density at radius 2 is 2.21 bits per heavy atom. The van der Waals surface area contributed by atoms with E-state index in [0.717, 1.165) is 14.9 Å². The smallest absolute Gasteiger partial charge is 0.337 e. The molecular formula is C14H18N4O4S2. The number of nitrogens with one attached hydrogen (secondary N) is 2. The number of urea groups is 1. The van der Waals surface area contributed by atoms with Crippen molar-refractivity contribution >= 4 is 41.0 Å². The van der Waals surface area contributed by atoms with Gasteiger partial charge in [0.2, 0.25) is 5.91 Å². The molecule has 1 aliphatic heterocycles. The van der Waals surface area contributed by atoms with Gasteiger partial charge in [0.05, 0.1) is 30.8 Å². The van der Waals surface area contributed by atoms with Crippen molar-refractivity contribution in [1.82, 2.24) is 15.6 Å². The van der Waals surface area contributed by atoms with Crippen LogP contribution in [0.25, 0.3) is 0 Å². The summed E-state index contributed by atoms with van der Waals surface area (Å²) < 4.78 is 5.75. The maximum atomic E-state index is 12.0. The Kier molecular flexibility index (Phi) is 6.21. The molecule has 0 aromatic carbocycles. The lowest BCUT2D eigenvalue weighted by atomic mass is 10.2. The molecule has 2 rings (SSSR count). The van der Waals surface area contributed by atoms with Gasteiger partial charge in [-0.05, 0) is 13.8 Å². The van der Waals surface area contributed by atoms with Gasteiger partial charge in [0.25, 0.3) is 0 Å². The first-order chi connectivity index (χ1) is 11.4. The van der Waals surface area contributed by atoms with E-state index in [2.05, 4.69) is 15.6 Å². The van der Waals surface area contributed by atoms with Crippen LogP contribution in [0.15, 0.2) is 15.6 Å². The molecule has 130 valence electrons. The number of aryl methyl sites for hydroxylation is 1. The SMILES string of the molecule is CCOC(=O)C1=C(CSc2nc(C)c(CC(N)=O)s2)NC(=O)NC1. The average Bonchev–Trinajstić information content (AvgIpc) is 2.85. The third kappa shape index (κ3) is 4.71. The third-order valence-electron chi connectivity index (χ3n) is 3.12. The van der Waals surface area contributed by atoms with E-state index in [-0.39, 0.29) is 25.6 Å². The van der Waals surface area contributed by atoms with Crippen LogP contribution in [-0.4, -0.2) is 41.8 Å². The standard InChI is InChI=1S/C14H18N4O4S2/c1-3-22-12(20)8-5-16-13(21)18-9(8)6-23-14-17-7(2)10(24-14)4-11(15)19/h3-6H2,1-2H3,(H2,15,19)(H2,16,18,21). The van der Waals surface area contributed by atoms with Gasteiger partial charge in [-0.15, -0.1) is 11.3 Å². The molecule has 1 aliphatic rings. The number of primary amides is 1. The zero-order chi connectivity index (χ0) is 17.7. The van der Waals surface area contributed by atoms with Crippen LogP contribution in [0.1, 0.15) is 17.5 Å². The van der Waals surface area contributed by atoms with Crippen molar-refractivity contribution in [2.75, 3.05) is 18.9 Å². The first-order valence-corrected chi connectivity index (χ1v) is 9.02. The van der Waals surface area contributed by atoms with Crippen molar-refractivity contribution in [3.8, 4) is 0 Å². The van der Waals surface area contributed by atoms with Gasteiger partial charge in [-0.25, -0.2) is 14.6 Å². The Labute approximate surface area is 147 Å². The number of carbonyl (C=O) groups excluding carboxylic acids is 3. The highest BCUT2D eigenvalue weighted by Crippen LogP contribution is 2.29. The van der Waals surface area contributed by atoms with E-state index < -0.39 is 11.9 Å². The lowest BCUT2D eigenvalue weighted by molar-refractivity contribution is -0.138. The van der Waals surface area contributed by atoms with Gasteiger partial charge < -0.3 is 21.1 Å². The summed E-state index contributed by atoms with van der Waals surface area (Å²) in [7, 11) is 0. The van der Waals surface area contributed by atoms with Crippen molar-refractivity contribution in [2.45, 2.75) is 24.6 Å². The summed E-state index contributed by atoms with van der Waals surface area (Å²) in [5.41, 5.74) is 6.87. The Balaban J connectivity index is 2.11. The Hall–Kier alpha value is -2.07. The number of carbonyl (C=O) groups is 3. The van der Waals surface area contributed by atoms with Gasteiger partial charge in [-0.1, -0.05) is 11.8 Å². The summed E-state index contributed by atoms with van der Waals surface area (Å²) in [6.45, 7) is 3.93. The Morgan fingerprint density at radius 3 is 2.88 bits per heavy atom. The molecule has 10 heteroatoms. The molecule has 0 atom stereocenters. The van der Waals surface area contributed by atoms with Gasteiger partial charge >= 0.3 is 12.0 Å². The average molecular weight is 370 g/mol. The fourth-order valence-corrected chi connectivity index (χ4v) is 4.22. The van der Waals surface area contributed by atoms with Crippen LogP contribution in [0.2, 0.25) is 0 Å². The van der Waals surface area contributed by atoms with Gasteiger partial charge in [-0.2, -0.15) is 0 Å². The molecule has 0 saturated heterocycles. The van der Waals surface area contributed by atoms with Crippen LogP contribution in [0.4, 0.5) is 4.79 Å². The lowest BCUT2D eigenvalue weighted by Gasteiger charge is -2.20. The minimum absolute atomic E-state index is 0.129. The van der Waals surface area contributed by atoms with E-state index in [1.54, 1.807) is 6.92 Å². The summed E-state index contributed by atoms with van der Waals surface area (Å²) in [5, 5.41) is 5.19. The maximum Gasteiger partial charge on any atom is 0.337 e. The second-order valence-corrected chi connectivity index (χ2v) is 7.21. The predicted octanol–water partition coefficient (Wildman–Crippen LogP) is 0.701. The number of esters is 1. The monoisotopic (exact) mass is 370 g/mol. The normalized spacial score (nSPS) is 14.2. The minimum Gasteiger partial charge on any atom is -0.463 e. The number of hydrogen-bond donors (Lipinski definition) is 3. The maximum absolute atomic E-state index is 12.0. The molecule has 1 aromatic rings. The van der Waals surface area contributed by atoms with Gasteiger partial charge in [-0.3, -0.25) is 4.79 Å². The molecule has 1 aromatic heterocycles. The number of thiazole rings is 1. The predicted molar refractivity (Wildman–Crippen MR) is 90.7 cm³/mol. The number of nitrogens with zero attached hydrogens (tertiary/aromatic N) is 1. The summed E-state index contributed by atoms with van der Waals surface area (Å²) in [6, 6.07) is -0.358. The fourth-order valence-electron chi connectivity index (χ4n) is 1.99. The van der Waals surface area contributed by atoms with E-state index in [0.29, 0.717) is 17.0 Å². The van der Waals surface area contributed by atoms with Crippen LogP contribution in [0.3, 0.4) is 0 Å². The second kappa shape index (κ2) is 8.15. The fraction of sp³-hybridized carbons (Fsp3) is 0.429. The molecule has 0 saturated carbocycles. The van der Waals surface area contributed by atoms with Crippen LogP contribution in [-0.2, 0) is 20.7 Å². The van der Waals surface area contributed by atoms with Crippen molar-refractivity contribution in [2.24, 2.45) is 5.73 Å². The Bertz CT molecular complexity index is 699. The van der Waals surface area contributed by atoms with E-state index >= 15 is 0 Å². The second-order valence-electron chi connectivity index (χ2n) is 4.91. The number of amides is 3. The quantitative estimate of drug-likeness (QED) is 0.479. The topological polar surface area (TPSA) is 123 Å². The lowest BCUT2D eigenvalue weighted by Crippen LogP contribution is -2.44. The molecular weight excluding hydrogens is 352 g/mol. The number of hydrogen-bond acceptors (Lipinski definition) is 7. The first-order valence-electron chi connectivity index (χ1n) is 7.22. The number of thioether (sulfide) groups is 1. The number of ether oxygens (including phenoxy) is 1. The number of nitrogens with two attached hydrogens (primary N) is 1. The van der Waals surface area contributed by atoms with Crippen LogP contribution in [0.5, 0.6) is 0 Å². The van der Waals surface area contributed by atoms with Gasteiger partial charge in [0.15, 0.2) is 4.34 Å². The molecule has 0 spiro atoms. The molecule has 4 N–H and O–H groups in total. The molecule has 0 fully saturated rings. The van der Waals surface area contributed by atoms with E-state index in [1.165, 1.54) is 23.1 Å². The van der Waals surface area contributed by atoms with E-state index in [9.17, 15) is 14.4 Å². The van der Waals surface area contributed by atoms with Crippen molar-refractivity contribution in [1.29, 1.82) is 0 Å². The number of aromatic nitrogens is 1. The van der Waals surface area contributed by atoms with Crippen molar-refractivity contribution < 1.29 is 19.1 Å². The molecule has 3 amide bonds. The summed E-state index contributed by atoms with van der Waals surface area (Å²) in [6.07, 6.45) is 0.154. The molecule has 0 aliphatic carbocycles. The summed E-state index contributed by atoms with van der Waals surface area (Å²) >= 11 is 2.76. The number of rotatable bonds is 7. The van der Waals surface area contributed by atoms with Crippen LogP contribution in [0, 0.1) is 6.92 Å². The molecule has 0 radical (unpaired) electrons. The zero-order valence-electron chi connectivity index (χ0n) is 13.3. The summed E-state index contributed by atoms with van der Waals surface area (Å²) in [4.78, 5) is 39.7. The van der Waals surface area contributed by atoms with Gasteiger partial charge in [0, 0.05) is 16.3 Å². The van der Waals surface area contributed by atoms with E-state index in [1.807, 2.05) is 6.92 Å². The minimum atomic E-state index is -0.453. The zero-order valence-corrected chi connectivity index (χ0v) is 14.9. The molecule has 0 bridgehead atoms. The largest absolute Gasteiger partial charge is 0.463 e. The highest BCUT2D eigenvalue weighted by molar-refractivity contribution is 8.01. The van der Waals surface area contributed by atoms with Crippen LogP contribution < -0.4 is 16.4 Å². The molecule has 8 nitrogen and oxygen atoms in total. The van der Waals surface area contributed by atoms with Crippen molar-refractivity contribution in [3.05, 3.63) is 21.8 Å². The summed E-state index contributed by atoms with van der Waals surface area (Å²) in [5.74, 6) is -0.494. The molecule has 24 heavy (non-hydrogen) atoms. The molecule has 2 heterocycles. The van der Waals surface area contributed by atoms with E-state index in [4.69, 9.17) is 10.5 Å². The molecule has 0 unspecified atom stereocenters. The highest BCUT2D eigenvalue weighted by atomic mass is 32.2. The van der Waals surface area contributed by atoms with Crippen LogP contribution >= 0.6 is 23.1 Å². The third-order valence-corrected chi connectivity index (χ3v) is 5.45.